The molecule has 0 bridgehead atoms. The number of Topliss-reactive ketones (excluding diaryl/α,β-unsaturated/α-hetero) is 1. The van der Waals surface area contributed by atoms with Gasteiger partial charge in [0.25, 0.3) is 0 Å². The van der Waals surface area contributed by atoms with E-state index in [4.69, 9.17) is 14.2 Å². The van der Waals surface area contributed by atoms with Crippen molar-refractivity contribution in [3.63, 3.8) is 0 Å². The molecule has 6 rings (SSSR count). The zero-order valence-electron chi connectivity index (χ0n) is 22.4. The summed E-state index contributed by atoms with van der Waals surface area (Å²) in [6.45, 7) is 11.5. The van der Waals surface area contributed by atoms with Gasteiger partial charge in [-0.2, -0.15) is 0 Å². The first-order valence-corrected chi connectivity index (χ1v) is 15.8. The Bertz CT molecular complexity index is 944. The van der Waals surface area contributed by atoms with E-state index >= 15 is 0 Å². The maximum atomic E-state index is 14.7. The summed E-state index contributed by atoms with van der Waals surface area (Å²) in [5, 5.41) is 0. The molecule has 0 N–H and O–H groups in total. The fourth-order valence-corrected chi connectivity index (χ4v) is 13.0. The van der Waals surface area contributed by atoms with E-state index in [1.54, 1.807) is 0 Å². The number of hydrogen-bond donors (Lipinski definition) is 0. The number of hydrogen-bond acceptors (Lipinski definition) is 5. The third kappa shape index (κ3) is 3.43. The van der Waals surface area contributed by atoms with Gasteiger partial charge < -0.3 is 14.2 Å². The average Bonchev–Trinajstić information content (AvgIpc) is 3.25. The van der Waals surface area contributed by atoms with Gasteiger partial charge in [0.1, 0.15) is 9.34 Å². The summed E-state index contributed by atoms with van der Waals surface area (Å²) in [5.74, 6) is 2.03. The summed E-state index contributed by atoms with van der Waals surface area (Å²) < 4.78 is 18.2. The van der Waals surface area contributed by atoms with Gasteiger partial charge in [-0.05, 0) is 80.0 Å². The highest BCUT2D eigenvalue weighted by Gasteiger charge is 2.76. The minimum atomic E-state index is -0.746. The highest BCUT2D eigenvalue weighted by Crippen LogP contribution is 2.74. The zero-order chi connectivity index (χ0) is 25.8. The Kier molecular flexibility index (Phi) is 6.20. The summed E-state index contributed by atoms with van der Waals surface area (Å²) in [6.07, 6.45) is 8.16. The number of ketones is 1. The first-order valence-electron chi connectivity index (χ1n) is 14.3. The van der Waals surface area contributed by atoms with Crippen molar-refractivity contribution in [2.75, 3.05) is 6.61 Å². The number of rotatable bonds is 1. The quantitative estimate of drug-likeness (QED) is 0.240. The van der Waals surface area contributed by atoms with Crippen LogP contribution in [-0.4, -0.2) is 39.6 Å². The Labute approximate surface area is 232 Å². The number of ether oxygens (including phenoxy) is 3. The first-order chi connectivity index (χ1) is 16.8. The molecule has 2 aliphatic heterocycles. The highest BCUT2D eigenvalue weighted by atomic mass is 79.9. The van der Waals surface area contributed by atoms with Crippen molar-refractivity contribution in [2.24, 2.45) is 52.3 Å². The second-order valence-electron chi connectivity index (χ2n) is 13.7. The standard InChI is InChI=1S/C29H42Br2O5/c1-15-8-11-28(34-14-15)16(2)23-22(36-28)13-21-20-7-6-18-12-19(35-17(3)32)9-10-26(18,4)24(20)29(30,31)25(33)27(21,23)5/h15-16,18-24H,6-14H2,1-5H3/t15-,16-,18-,19+,20-,21-,22+,23-,24-,26-,27-,28+/m0/s1. The van der Waals surface area contributed by atoms with E-state index < -0.39 is 14.4 Å². The normalized spacial score (nSPS) is 55.4. The van der Waals surface area contributed by atoms with Crippen molar-refractivity contribution in [1.82, 2.24) is 0 Å². The lowest BCUT2D eigenvalue weighted by molar-refractivity contribution is -0.272. The topological polar surface area (TPSA) is 61.8 Å². The van der Waals surface area contributed by atoms with E-state index in [-0.39, 0.29) is 41.3 Å². The van der Waals surface area contributed by atoms with Gasteiger partial charge in [0.05, 0.1) is 12.7 Å². The van der Waals surface area contributed by atoms with Crippen LogP contribution in [0.25, 0.3) is 0 Å². The summed E-state index contributed by atoms with van der Waals surface area (Å²) in [6, 6.07) is 0. The summed E-state index contributed by atoms with van der Waals surface area (Å²) in [4.78, 5) is 26.3. The molecule has 2 heterocycles. The maximum absolute atomic E-state index is 14.7. The predicted molar refractivity (Wildman–Crippen MR) is 144 cm³/mol. The summed E-state index contributed by atoms with van der Waals surface area (Å²) in [5.41, 5.74) is -0.413. The Hall–Kier alpha value is 0.0200. The third-order valence-corrected chi connectivity index (χ3v) is 13.7. The SMILES string of the molecule is CC(=O)O[C@@H]1CC[C@@]2(C)[C@@H](CC[C@@H]3[C@@H]2C(Br)(Br)C(=O)[C@]2(C)[C@@H]4[C@@H](C[C@@H]32)O[C@]2(CC[C@H](C)CO2)[C@H]4C)C1. The molecule has 6 aliphatic rings. The van der Waals surface area contributed by atoms with Crippen LogP contribution in [-0.2, 0) is 23.8 Å². The molecule has 0 amide bonds. The number of carbonyl (C=O) groups excluding carboxylic acids is 2. The van der Waals surface area contributed by atoms with Crippen LogP contribution in [0.15, 0.2) is 0 Å². The molecule has 0 radical (unpaired) electrons. The van der Waals surface area contributed by atoms with Gasteiger partial charge in [-0.15, -0.1) is 0 Å². The molecule has 6 fully saturated rings. The van der Waals surface area contributed by atoms with Gasteiger partial charge >= 0.3 is 5.97 Å². The number of esters is 1. The smallest absolute Gasteiger partial charge is 0.302 e. The zero-order valence-corrected chi connectivity index (χ0v) is 25.5. The molecule has 2 saturated heterocycles. The average molecular weight is 630 g/mol. The van der Waals surface area contributed by atoms with Crippen LogP contribution >= 0.6 is 31.9 Å². The number of alkyl halides is 2. The van der Waals surface area contributed by atoms with E-state index in [2.05, 4.69) is 59.6 Å². The van der Waals surface area contributed by atoms with E-state index in [9.17, 15) is 9.59 Å². The lowest BCUT2D eigenvalue weighted by atomic mass is 9.44. The second-order valence-corrected chi connectivity index (χ2v) is 17.3. The molecule has 202 valence electrons. The fourth-order valence-electron chi connectivity index (χ4n) is 10.4. The molecule has 0 unspecified atom stereocenters. The van der Waals surface area contributed by atoms with Crippen LogP contribution in [0.3, 0.4) is 0 Å². The molecule has 0 aromatic rings. The lowest BCUT2D eigenvalue weighted by Crippen LogP contribution is -2.66. The largest absolute Gasteiger partial charge is 0.463 e. The Morgan fingerprint density at radius 1 is 1.06 bits per heavy atom. The molecule has 4 aliphatic carbocycles. The Balaban J connectivity index is 1.32. The van der Waals surface area contributed by atoms with Crippen LogP contribution < -0.4 is 0 Å². The molecule has 12 atom stereocenters. The van der Waals surface area contributed by atoms with Gasteiger partial charge in [-0.25, -0.2) is 0 Å². The van der Waals surface area contributed by atoms with E-state index in [0.717, 1.165) is 58.0 Å². The first kappa shape index (κ1) is 26.3. The summed E-state index contributed by atoms with van der Waals surface area (Å²) >= 11 is 8.09. The van der Waals surface area contributed by atoms with Gasteiger partial charge in [-0.1, -0.05) is 59.6 Å². The van der Waals surface area contributed by atoms with Gasteiger partial charge in [0.2, 0.25) is 0 Å². The van der Waals surface area contributed by atoms with Crippen molar-refractivity contribution in [3.8, 4) is 0 Å². The van der Waals surface area contributed by atoms with Crippen LogP contribution in [0.4, 0.5) is 0 Å². The molecule has 7 heteroatoms. The molecule has 4 saturated carbocycles. The molecule has 5 nitrogen and oxygen atoms in total. The van der Waals surface area contributed by atoms with Crippen molar-refractivity contribution in [1.29, 1.82) is 0 Å². The molecular weight excluding hydrogens is 588 g/mol. The highest BCUT2D eigenvalue weighted by molar-refractivity contribution is 9.26. The predicted octanol–water partition coefficient (Wildman–Crippen LogP) is 6.64. The van der Waals surface area contributed by atoms with Crippen molar-refractivity contribution in [2.45, 2.75) is 107 Å². The van der Waals surface area contributed by atoms with E-state index in [1.165, 1.54) is 6.92 Å². The fraction of sp³-hybridized carbons (Fsp3) is 0.931. The van der Waals surface area contributed by atoms with Gasteiger partial charge in [0.15, 0.2) is 11.6 Å². The van der Waals surface area contributed by atoms with Crippen molar-refractivity contribution >= 4 is 43.6 Å². The second kappa shape index (κ2) is 8.51. The van der Waals surface area contributed by atoms with E-state index in [0.29, 0.717) is 29.5 Å². The number of carbonyl (C=O) groups is 2. The minimum Gasteiger partial charge on any atom is -0.463 e. The Morgan fingerprint density at radius 3 is 2.47 bits per heavy atom. The molecule has 36 heavy (non-hydrogen) atoms. The number of halogens is 2. The molecule has 0 aromatic heterocycles. The van der Waals surface area contributed by atoms with Crippen LogP contribution in [0, 0.1) is 52.3 Å². The van der Waals surface area contributed by atoms with Crippen molar-refractivity contribution < 1.29 is 23.8 Å². The molecule has 1 spiro atoms. The van der Waals surface area contributed by atoms with Gasteiger partial charge in [-0.3, -0.25) is 9.59 Å². The third-order valence-electron chi connectivity index (χ3n) is 12.0. The summed E-state index contributed by atoms with van der Waals surface area (Å²) in [7, 11) is 0. The van der Waals surface area contributed by atoms with E-state index in [1.807, 2.05) is 0 Å². The van der Waals surface area contributed by atoms with Crippen LogP contribution in [0.5, 0.6) is 0 Å². The minimum absolute atomic E-state index is 0.0104. The Morgan fingerprint density at radius 2 is 1.81 bits per heavy atom. The van der Waals surface area contributed by atoms with Crippen LogP contribution in [0.1, 0.15) is 86.0 Å². The monoisotopic (exact) mass is 628 g/mol. The van der Waals surface area contributed by atoms with Crippen LogP contribution in [0.2, 0.25) is 0 Å². The maximum Gasteiger partial charge on any atom is 0.302 e. The lowest BCUT2D eigenvalue weighted by Gasteiger charge is -2.64. The number of fused-ring (bicyclic) bond motifs is 7. The van der Waals surface area contributed by atoms with Crippen molar-refractivity contribution in [3.05, 3.63) is 0 Å². The molecule has 0 aromatic carbocycles. The van der Waals surface area contributed by atoms with Gasteiger partial charge in [0, 0.05) is 30.6 Å². The molecular formula is C29H42Br2O5.